The second kappa shape index (κ2) is 11.5. The molecule has 200 valence electrons. The van der Waals surface area contributed by atoms with Crippen LogP contribution in [0.15, 0.2) is 174 Å². The van der Waals surface area contributed by atoms with Crippen LogP contribution in [0.25, 0.3) is 44.2 Å². The summed E-state index contributed by atoms with van der Waals surface area (Å²) in [6, 6.07) is 60.5. The number of halogens is 1. The molecule has 0 aliphatic rings. The first-order valence-corrected chi connectivity index (χ1v) is 14.9. The van der Waals surface area contributed by atoms with Gasteiger partial charge in [0.05, 0.1) is 0 Å². The van der Waals surface area contributed by atoms with E-state index in [-0.39, 0.29) is 0 Å². The first-order chi connectivity index (χ1) is 20.7. The highest BCUT2D eigenvalue weighted by Gasteiger charge is 2.14. The molecule has 0 aliphatic carbocycles. The maximum Gasteiger partial charge on any atom is 0.0462 e. The van der Waals surface area contributed by atoms with Gasteiger partial charge in [0.1, 0.15) is 0 Å². The molecule has 7 aromatic carbocycles. The Morgan fingerprint density at radius 2 is 0.738 bits per heavy atom. The summed E-state index contributed by atoms with van der Waals surface area (Å²) in [5.74, 6) is 0. The van der Waals surface area contributed by atoms with Gasteiger partial charge in [-0.05, 0) is 81.2 Å². The average molecular weight is 603 g/mol. The molecule has 1 nitrogen and oxygen atoms in total. The zero-order chi connectivity index (χ0) is 28.3. The van der Waals surface area contributed by atoms with Crippen molar-refractivity contribution in [3.8, 4) is 33.4 Å². The molecule has 0 saturated heterocycles. The minimum atomic E-state index is 1.11. The predicted molar refractivity (Wildman–Crippen MR) is 183 cm³/mol. The molecule has 2 heteroatoms. The van der Waals surface area contributed by atoms with Crippen molar-refractivity contribution in [1.29, 1.82) is 0 Å². The monoisotopic (exact) mass is 601 g/mol. The van der Waals surface area contributed by atoms with Gasteiger partial charge in [-0.1, -0.05) is 143 Å². The summed E-state index contributed by atoms with van der Waals surface area (Å²) in [5, 5.41) is 2.46. The van der Waals surface area contributed by atoms with Gasteiger partial charge in [0, 0.05) is 26.9 Å². The molecule has 0 saturated carbocycles. The third-order valence-corrected chi connectivity index (χ3v) is 8.42. The zero-order valence-electron chi connectivity index (χ0n) is 23.0. The topological polar surface area (TPSA) is 3.24 Å². The predicted octanol–water partition coefficient (Wildman–Crippen LogP) is 12.1. The standard InChI is InChI=1S/C40H28BrN/c41-39-16-8-14-34-13-7-15-38(40(34)39)33-21-27-37(28-22-33)42(35-23-17-31(18-24-35)29-9-3-1-4-10-29)36-25-19-32(20-26-36)30-11-5-2-6-12-30/h1-28H. The Morgan fingerprint density at radius 3 is 1.21 bits per heavy atom. The van der Waals surface area contributed by atoms with Crippen molar-refractivity contribution in [2.75, 3.05) is 4.90 Å². The van der Waals surface area contributed by atoms with Crippen LogP contribution in [0.2, 0.25) is 0 Å². The summed E-state index contributed by atoms with van der Waals surface area (Å²) in [6.07, 6.45) is 0. The smallest absolute Gasteiger partial charge is 0.0462 e. The van der Waals surface area contributed by atoms with Crippen molar-refractivity contribution in [3.05, 3.63) is 174 Å². The van der Waals surface area contributed by atoms with E-state index in [0.29, 0.717) is 0 Å². The lowest BCUT2D eigenvalue weighted by Crippen LogP contribution is -2.09. The highest BCUT2D eigenvalue weighted by atomic mass is 79.9. The van der Waals surface area contributed by atoms with Crippen molar-refractivity contribution >= 4 is 43.8 Å². The Balaban J connectivity index is 1.29. The van der Waals surface area contributed by atoms with Gasteiger partial charge in [-0.3, -0.25) is 0 Å². The van der Waals surface area contributed by atoms with Gasteiger partial charge in [-0.2, -0.15) is 0 Å². The van der Waals surface area contributed by atoms with Crippen LogP contribution in [-0.2, 0) is 0 Å². The zero-order valence-corrected chi connectivity index (χ0v) is 24.6. The minimum absolute atomic E-state index is 1.11. The Kier molecular flexibility index (Phi) is 7.13. The Bertz CT molecular complexity index is 1860. The number of nitrogens with zero attached hydrogens (tertiary/aromatic N) is 1. The number of benzene rings is 7. The normalized spacial score (nSPS) is 11.0. The van der Waals surface area contributed by atoms with E-state index in [9.17, 15) is 0 Å². The Labute approximate surface area is 255 Å². The maximum absolute atomic E-state index is 3.78. The van der Waals surface area contributed by atoms with Gasteiger partial charge in [-0.25, -0.2) is 0 Å². The highest BCUT2D eigenvalue weighted by molar-refractivity contribution is 9.10. The summed E-state index contributed by atoms with van der Waals surface area (Å²) in [6.45, 7) is 0. The van der Waals surface area contributed by atoms with Crippen LogP contribution in [0.3, 0.4) is 0 Å². The van der Waals surface area contributed by atoms with Crippen molar-refractivity contribution in [1.82, 2.24) is 0 Å². The third-order valence-electron chi connectivity index (χ3n) is 7.76. The Morgan fingerprint density at radius 1 is 0.333 bits per heavy atom. The fourth-order valence-electron chi connectivity index (χ4n) is 5.64. The van der Waals surface area contributed by atoms with Crippen LogP contribution >= 0.6 is 15.9 Å². The average Bonchev–Trinajstić information content (AvgIpc) is 3.07. The Hall–Kier alpha value is -4.92. The second-order valence-electron chi connectivity index (χ2n) is 10.4. The van der Waals surface area contributed by atoms with Crippen LogP contribution in [0.4, 0.5) is 17.1 Å². The molecule has 0 heterocycles. The van der Waals surface area contributed by atoms with Gasteiger partial charge >= 0.3 is 0 Å². The SMILES string of the molecule is Brc1cccc2cccc(-c3ccc(N(c4ccc(-c5ccccc5)cc4)c4ccc(-c5ccccc5)cc4)cc3)c12. The number of anilines is 3. The molecular weight excluding hydrogens is 574 g/mol. The molecule has 0 radical (unpaired) electrons. The quantitative estimate of drug-likeness (QED) is 0.183. The molecule has 7 aromatic rings. The van der Waals surface area contributed by atoms with E-state index in [4.69, 9.17) is 0 Å². The van der Waals surface area contributed by atoms with Crippen LogP contribution in [-0.4, -0.2) is 0 Å². The van der Waals surface area contributed by atoms with Crippen molar-refractivity contribution in [2.24, 2.45) is 0 Å². The van der Waals surface area contributed by atoms with E-state index in [0.717, 1.165) is 21.5 Å². The molecule has 0 spiro atoms. The highest BCUT2D eigenvalue weighted by Crippen LogP contribution is 2.39. The van der Waals surface area contributed by atoms with Crippen LogP contribution in [0.5, 0.6) is 0 Å². The number of rotatable bonds is 6. The van der Waals surface area contributed by atoms with Crippen LogP contribution in [0, 0.1) is 0 Å². The first-order valence-electron chi connectivity index (χ1n) is 14.1. The molecule has 0 aliphatic heterocycles. The van der Waals surface area contributed by atoms with E-state index in [1.807, 2.05) is 0 Å². The molecule has 0 amide bonds. The lowest BCUT2D eigenvalue weighted by atomic mass is 9.98. The summed E-state index contributed by atoms with van der Waals surface area (Å²) in [7, 11) is 0. The molecule has 7 rings (SSSR count). The molecule has 0 aromatic heterocycles. The molecule has 0 bridgehead atoms. The molecule has 42 heavy (non-hydrogen) atoms. The van der Waals surface area contributed by atoms with Crippen LogP contribution in [0.1, 0.15) is 0 Å². The van der Waals surface area contributed by atoms with Crippen LogP contribution < -0.4 is 4.90 Å². The van der Waals surface area contributed by atoms with Crippen molar-refractivity contribution in [2.45, 2.75) is 0 Å². The van der Waals surface area contributed by atoms with Crippen molar-refractivity contribution < 1.29 is 0 Å². The van der Waals surface area contributed by atoms with E-state index in [1.54, 1.807) is 0 Å². The van der Waals surface area contributed by atoms with E-state index < -0.39 is 0 Å². The molecule has 0 N–H and O–H groups in total. The first kappa shape index (κ1) is 26.0. The van der Waals surface area contributed by atoms with Gasteiger partial charge in [-0.15, -0.1) is 0 Å². The lowest BCUT2D eigenvalue weighted by molar-refractivity contribution is 1.28. The minimum Gasteiger partial charge on any atom is -0.311 e. The number of hydrogen-bond acceptors (Lipinski definition) is 1. The second-order valence-corrected chi connectivity index (χ2v) is 11.2. The fraction of sp³-hybridized carbons (Fsp3) is 0. The molecule has 0 fully saturated rings. The molecular formula is C40H28BrN. The number of fused-ring (bicyclic) bond motifs is 1. The van der Waals surface area contributed by atoms with Gasteiger partial charge in [0.25, 0.3) is 0 Å². The van der Waals surface area contributed by atoms with E-state index in [1.165, 1.54) is 44.2 Å². The number of hydrogen-bond donors (Lipinski definition) is 0. The molecule has 0 unspecified atom stereocenters. The van der Waals surface area contributed by atoms with Crippen molar-refractivity contribution in [3.63, 3.8) is 0 Å². The summed E-state index contributed by atoms with van der Waals surface area (Å²) < 4.78 is 1.11. The third kappa shape index (κ3) is 5.13. The lowest BCUT2D eigenvalue weighted by Gasteiger charge is -2.26. The van der Waals surface area contributed by atoms with Gasteiger partial charge < -0.3 is 4.90 Å². The van der Waals surface area contributed by atoms with Gasteiger partial charge in [0.15, 0.2) is 0 Å². The maximum atomic E-state index is 3.78. The largest absolute Gasteiger partial charge is 0.311 e. The molecule has 0 atom stereocenters. The van der Waals surface area contributed by atoms with Gasteiger partial charge in [0.2, 0.25) is 0 Å². The van der Waals surface area contributed by atoms with E-state index in [2.05, 4.69) is 191 Å². The fourth-order valence-corrected chi connectivity index (χ4v) is 6.24. The van der Waals surface area contributed by atoms with E-state index >= 15 is 0 Å². The summed E-state index contributed by atoms with van der Waals surface area (Å²) in [4.78, 5) is 2.33. The summed E-state index contributed by atoms with van der Waals surface area (Å²) >= 11 is 3.78. The summed E-state index contributed by atoms with van der Waals surface area (Å²) in [5.41, 5.74) is 10.6.